The van der Waals surface area contributed by atoms with Crippen molar-refractivity contribution in [3.8, 4) is 28.4 Å². The lowest BCUT2D eigenvalue weighted by Gasteiger charge is -2.28. The molecule has 0 aliphatic rings. The average molecular weight is 735 g/mol. The van der Waals surface area contributed by atoms with Crippen LogP contribution < -0.4 is 9.47 Å². The zero-order valence-electron chi connectivity index (χ0n) is 31.9. The lowest BCUT2D eigenvalue weighted by Crippen LogP contribution is -2.46. The number of unbranched alkanes of at least 4 members (excludes halogenated alkanes) is 9. The molecule has 0 atom stereocenters. The van der Waals surface area contributed by atoms with Gasteiger partial charge in [-0.3, -0.25) is 0 Å². The number of carbonyl (C=O) groups is 1. The van der Waals surface area contributed by atoms with E-state index in [9.17, 15) is 9.90 Å². The number of ether oxygens (including phenoxy) is 3. The number of phenolic OH excluding ortho intramolecular Hbond substituents is 1. The van der Waals surface area contributed by atoms with E-state index in [1.54, 1.807) is 6.07 Å². The molecule has 3 aromatic carbocycles. The van der Waals surface area contributed by atoms with Gasteiger partial charge in [0.15, 0.2) is 0 Å². The molecule has 3 rings (SSSR count). The van der Waals surface area contributed by atoms with Crippen molar-refractivity contribution in [1.29, 1.82) is 0 Å². The summed E-state index contributed by atoms with van der Waals surface area (Å²) in [4.78, 5) is 11.2. The highest BCUT2D eigenvalue weighted by Gasteiger charge is 2.39. The maximum atomic E-state index is 11.2. The van der Waals surface area contributed by atoms with Crippen molar-refractivity contribution < 1.29 is 37.4 Å². The standard InChI is InChI=1S/C43H62O8Si/c1-5-43(45)48-35-36-21-23-37(24-22-36)38-25-27-40(28-26-38)46-31-17-15-13-11-9-10-12-14-16-18-32-47-41-29-30-42(44)39(34-41)20-19-33-52(49-6-2,50-7-3)51-8-4/h5,21-30,34,44H,1,6-20,31-33,35H2,2-4H3. The Morgan fingerprint density at radius 2 is 1.13 bits per heavy atom. The van der Waals surface area contributed by atoms with E-state index in [1.165, 1.54) is 57.4 Å². The van der Waals surface area contributed by atoms with Gasteiger partial charge in [-0.25, -0.2) is 4.79 Å². The number of hydrogen-bond acceptors (Lipinski definition) is 8. The molecule has 3 aromatic rings. The topological polar surface area (TPSA) is 92.7 Å². The van der Waals surface area contributed by atoms with Crippen molar-refractivity contribution in [2.45, 2.75) is 110 Å². The predicted molar refractivity (Wildman–Crippen MR) is 211 cm³/mol. The van der Waals surface area contributed by atoms with E-state index in [4.69, 9.17) is 27.5 Å². The molecule has 0 aromatic heterocycles. The molecule has 9 heteroatoms. The molecule has 0 spiro atoms. The molecule has 286 valence electrons. The Balaban J connectivity index is 1.18. The highest BCUT2D eigenvalue weighted by molar-refractivity contribution is 6.60. The Morgan fingerprint density at radius 1 is 0.654 bits per heavy atom. The molecule has 52 heavy (non-hydrogen) atoms. The van der Waals surface area contributed by atoms with Gasteiger partial charge in [-0.1, -0.05) is 94.3 Å². The van der Waals surface area contributed by atoms with E-state index in [2.05, 4.69) is 18.7 Å². The molecule has 0 aliphatic carbocycles. The highest BCUT2D eigenvalue weighted by atomic mass is 28.4. The van der Waals surface area contributed by atoms with Gasteiger partial charge in [0.05, 0.1) is 13.2 Å². The molecule has 0 radical (unpaired) electrons. The van der Waals surface area contributed by atoms with E-state index in [0.717, 1.165) is 65.7 Å². The van der Waals surface area contributed by atoms with E-state index in [1.807, 2.05) is 69.3 Å². The van der Waals surface area contributed by atoms with Gasteiger partial charge >= 0.3 is 14.8 Å². The summed E-state index contributed by atoms with van der Waals surface area (Å²) in [6.45, 7) is 12.7. The van der Waals surface area contributed by atoms with Crippen molar-refractivity contribution >= 4 is 14.8 Å². The van der Waals surface area contributed by atoms with Crippen LogP contribution in [0.3, 0.4) is 0 Å². The molecule has 0 unspecified atom stereocenters. The van der Waals surface area contributed by atoms with Crippen LogP contribution in [-0.4, -0.2) is 52.9 Å². The number of carbonyl (C=O) groups excluding carboxylic acids is 1. The first kappa shape index (κ1) is 42.8. The smallest absolute Gasteiger partial charge is 0.500 e. The molecule has 0 heterocycles. The van der Waals surface area contributed by atoms with E-state index >= 15 is 0 Å². The third kappa shape index (κ3) is 16.4. The predicted octanol–water partition coefficient (Wildman–Crippen LogP) is 10.6. The van der Waals surface area contributed by atoms with Gasteiger partial charge in [-0.2, -0.15) is 0 Å². The first-order chi connectivity index (χ1) is 25.4. The van der Waals surface area contributed by atoms with Crippen LogP contribution in [0.5, 0.6) is 17.2 Å². The average Bonchev–Trinajstić information content (AvgIpc) is 3.16. The third-order valence-corrected chi connectivity index (χ3v) is 12.0. The summed E-state index contributed by atoms with van der Waals surface area (Å²) in [6.07, 6.45) is 14.8. The van der Waals surface area contributed by atoms with Crippen LogP contribution in [0.15, 0.2) is 79.4 Å². The minimum Gasteiger partial charge on any atom is -0.508 e. The number of benzene rings is 3. The molecule has 0 fully saturated rings. The van der Waals surface area contributed by atoms with Crippen molar-refractivity contribution in [2.75, 3.05) is 33.0 Å². The lowest BCUT2D eigenvalue weighted by atomic mass is 10.0. The Kier molecular flexibility index (Phi) is 20.9. The molecule has 0 saturated heterocycles. The number of esters is 1. The molecule has 1 N–H and O–H groups in total. The molecule has 0 amide bonds. The summed E-state index contributed by atoms with van der Waals surface area (Å²) in [5.41, 5.74) is 4.05. The SMILES string of the molecule is C=CC(=O)OCc1ccc(-c2ccc(OCCCCCCCCCCCCOc3ccc(O)c(CCC[Si](OCC)(OCC)OCC)c3)cc2)cc1. The van der Waals surface area contributed by atoms with Crippen LogP contribution in [0.4, 0.5) is 0 Å². The van der Waals surface area contributed by atoms with E-state index in [0.29, 0.717) is 38.6 Å². The second-order valence-electron chi connectivity index (χ2n) is 12.9. The van der Waals surface area contributed by atoms with Crippen LogP contribution in [0.25, 0.3) is 11.1 Å². The van der Waals surface area contributed by atoms with Crippen molar-refractivity contribution in [3.05, 3.63) is 90.5 Å². The maximum absolute atomic E-state index is 11.2. The van der Waals surface area contributed by atoms with Crippen LogP contribution in [-0.2, 0) is 35.8 Å². The summed E-state index contributed by atoms with van der Waals surface area (Å²) in [5, 5.41) is 10.4. The number of aromatic hydroxyl groups is 1. The Morgan fingerprint density at radius 3 is 1.65 bits per heavy atom. The van der Waals surface area contributed by atoms with Crippen molar-refractivity contribution in [1.82, 2.24) is 0 Å². The molecule has 0 saturated carbocycles. The van der Waals surface area contributed by atoms with Gasteiger partial charge in [0.2, 0.25) is 0 Å². The monoisotopic (exact) mass is 734 g/mol. The number of phenols is 1. The van der Waals surface area contributed by atoms with Crippen molar-refractivity contribution in [3.63, 3.8) is 0 Å². The Hall–Kier alpha value is -3.63. The fraction of sp³-hybridized carbons (Fsp3) is 0.512. The summed E-state index contributed by atoms with van der Waals surface area (Å²) < 4.78 is 35.0. The summed E-state index contributed by atoms with van der Waals surface area (Å²) in [6, 6.07) is 22.5. The lowest BCUT2D eigenvalue weighted by molar-refractivity contribution is -0.138. The van der Waals surface area contributed by atoms with E-state index < -0.39 is 14.8 Å². The van der Waals surface area contributed by atoms with Crippen LogP contribution in [0.2, 0.25) is 6.04 Å². The largest absolute Gasteiger partial charge is 0.508 e. The summed E-state index contributed by atoms with van der Waals surface area (Å²) >= 11 is 0. The minimum atomic E-state index is -2.68. The highest BCUT2D eigenvalue weighted by Crippen LogP contribution is 2.28. The third-order valence-electron chi connectivity index (χ3n) is 8.84. The fourth-order valence-electron chi connectivity index (χ4n) is 6.10. The Labute approximate surface area is 313 Å². The van der Waals surface area contributed by atoms with Gasteiger partial charge in [0.1, 0.15) is 23.9 Å². The summed E-state index contributed by atoms with van der Waals surface area (Å²) in [5.74, 6) is 1.59. The molecule has 0 bridgehead atoms. The van der Waals surface area contributed by atoms with Crippen molar-refractivity contribution in [2.24, 2.45) is 0 Å². The first-order valence-electron chi connectivity index (χ1n) is 19.4. The molecular weight excluding hydrogens is 673 g/mol. The molecule has 0 aliphatic heterocycles. The number of hydrogen-bond donors (Lipinski definition) is 1. The molecule has 8 nitrogen and oxygen atoms in total. The number of rotatable bonds is 29. The zero-order chi connectivity index (χ0) is 37.3. The van der Waals surface area contributed by atoms with Gasteiger partial charge in [-0.15, -0.1) is 0 Å². The summed E-state index contributed by atoms with van der Waals surface area (Å²) in [7, 11) is -2.68. The van der Waals surface area contributed by atoms with Gasteiger partial charge in [0, 0.05) is 31.9 Å². The van der Waals surface area contributed by atoms with Crippen LogP contribution in [0.1, 0.15) is 103 Å². The van der Waals surface area contributed by atoms with Gasteiger partial charge in [0.25, 0.3) is 0 Å². The molecular formula is C43H62O8Si. The van der Waals surface area contributed by atoms with E-state index in [-0.39, 0.29) is 6.61 Å². The van der Waals surface area contributed by atoms with Crippen LogP contribution in [0, 0.1) is 0 Å². The first-order valence-corrected chi connectivity index (χ1v) is 21.3. The number of aryl methyl sites for hydroxylation is 1. The van der Waals surface area contributed by atoms with Gasteiger partial charge < -0.3 is 32.6 Å². The zero-order valence-corrected chi connectivity index (χ0v) is 32.9. The second kappa shape index (κ2) is 25.4. The second-order valence-corrected chi connectivity index (χ2v) is 15.6. The van der Waals surface area contributed by atoms with Crippen LogP contribution >= 0.6 is 0 Å². The quantitative estimate of drug-likeness (QED) is 0.0326. The Bertz CT molecular complexity index is 1390. The maximum Gasteiger partial charge on any atom is 0.500 e. The normalized spacial score (nSPS) is 11.4. The minimum absolute atomic E-state index is 0.242. The van der Waals surface area contributed by atoms with Gasteiger partial charge in [-0.05, 0) is 99.0 Å². The fourth-order valence-corrected chi connectivity index (χ4v) is 8.71.